The van der Waals surface area contributed by atoms with Gasteiger partial charge in [-0.15, -0.1) is 0 Å². The van der Waals surface area contributed by atoms with Crippen LogP contribution < -0.4 is 4.90 Å². The van der Waals surface area contributed by atoms with Crippen molar-refractivity contribution in [3.05, 3.63) is 80.5 Å². The van der Waals surface area contributed by atoms with Gasteiger partial charge in [-0.25, -0.2) is 13.8 Å². The van der Waals surface area contributed by atoms with Crippen LogP contribution in [0.5, 0.6) is 0 Å². The average molecular weight is 592 g/mol. The van der Waals surface area contributed by atoms with Gasteiger partial charge in [-0.2, -0.15) is 36.3 Å². The van der Waals surface area contributed by atoms with Crippen molar-refractivity contribution in [1.82, 2.24) is 19.9 Å². The van der Waals surface area contributed by atoms with Crippen LogP contribution in [0.2, 0.25) is 0 Å². The van der Waals surface area contributed by atoms with E-state index in [1.165, 1.54) is 19.1 Å². The first kappa shape index (κ1) is 25.4. The van der Waals surface area contributed by atoms with Crippen molar-refractivity contribution in [3.63, 3.8) is 0 Å². The highest BCUT2D eigenvalue weighted by molar-refractivity contribution is 9.10. The number of H-pyrrole nitrogens is 1. The molecule has 5 nitrogen and oxygen atoms in total. The number of fused-ring (bicyclic) bond motifs is 3. The van der Waals surface area contributed by atoms with E-state index in [1.807, 2.05) is 0 Å². The number of aromatic nitrogens is 4. The molecule has 1 atom stereocenters. The zero-order valence-corrected chi connectivity index (χ0v) is 20.2. The van der Waals surface area contributed by atoms with Gasteiger partial charge in [0.05, 0.1) is 0 Å². The summed E-state index contributed by atoms with van der Waals surface area (Å²) < 4.78 is 111. The Morgan fingerprint density at radius 1 is 0.919 bits per heavy atom. The van der Waals surface area contributed by atoms with Gasteiger partial charge in [0.1, 0.15) is 6.04 Å². The molecule has 1 aliphatic rings. The molecule has 0 spiro atoms. The SMILES string of the molecule is Cc1ccc([C@H]2c3[nH]c4ccc(Br)cc4c3CCN2c2nc(C(F)(F)F)nc(C(F)(F)F)n2)c(F)c1F. The summed E-state index contributed by atoms with van der Waals surface area (Å²) in [7, 11) is 0. The molecule has 4 aromatic rings. The Hall–Kier alpha value is -3.29. The summed E-state index contributed by atoms with van der Waals surface area (Å²) in [6, 6.07) is 6.34. The number of nitrogens with one attached hydrogen (secondary N) is 1. The third-order valence-electron chi connectivity index (χ3n) is 6.08. The Morgan fingerprint density at radius 3 is 2.19 bits per heavy atom. The number of rotatable bonds is 2. The quantitative estimate of drug-likeness (QED) is 0.258. The molecule has 2 aromatic heterocycles. The molecule has 5 rings (SSSR count). The van der Waals surface area contributed by atoms with Crippen LogP contribution >= 0.6 is 15.9 Å². The monoisotopic (exact) mass is 591 g/mol. The third-order valence-corrected chi connectivity index (χ3v) is 6.57. The minimum absolute atomic E-state index is 0.0247. The number of hydrogen-bond acceptors (Lipinski definition) is 4. The molecule has 0 radical (unpaired) electrons. The molecule has 0 saturated heterocycles. The summed E-state index contributed by atoms with van der Waals surface area (Å²) in [5.74, 6) is -7.54. The van der Waals surface area contributed by atoms with Gasteiger partial charge in [0.25, 0.3) is 0 Å². The van der Waals surface area contributed by atoms with Gasteiger partial charge in [0, 0.05) is 33.2 Å². The highest BCUT2D eigenvalue weighted by atomic mass is 79.9. The van der Waals surface area contributed by atoms with E-state index in [0.717, 1.165) is 9.37 Å². The van der Waals surface area contributed by atoms with Crippen LogP contribution in [0.1, 0.15) is 40.1 Å². The molecular weight excluding hydrogens is 578 g/mol. The van der Waals surface area contributed by atoms with Gasteiger partial charge in [-0.1, -0.05) is 28.1 Å². The Balaban J connectivity index is 1.78. The lowest BCUT2D eigenvalue weighted by atomic mass is 9.91. The van der Waals surface area contributed by atoms with E-state index in [-0.39, 0.29) is 29.8 Å². The number of aryl methyl sites for hydroxylation is 1. The van der Waals surface area contributed by atoms with Crippen molar-refractivity contribution >= 4 is 32.8 Å². The van der Waals surface area contributed by atoms with Gasteiger partial charge >= 0.3 is 12.4 Å². The van der Waals surface area contributed by atoms with Crippen LogP contribution in [0.15, 0.2) is 34.8 Å². The van der Waals surface area contributed by atoms with Crippen LogP contribution in [-0.4, -0.2) is 26.5 Å². The molecule has 0 amide bonds. The van der Waals surface area contributed by atoms with Gasteiger partial charge in [-0.3, -0.25) is 0 Å². The van der Waals surface area contributed by atoms with E-state index in [4.69, 9.17) is 0 Å². The zero-order valence-electron chi connectivity index (χ0n) is 18.6. The van der Waals surface area contributed by atoms with Crippen molar-refractivity contribution in [1.29, 1.82) is 0 Å². The largest absolute Gasteiger partial charge is 0.451 e. The standard InChI is InChI=1S/C23H14BrF8N5/c1-9-2-4-12(16(26)15(9)25)18-17-11(13-8-10(24)3-5-14(13)33-17)6-7-37(18)21-35-19(22(27,28)29)34-20(36-21)23(30,31)32/h2-5,8,18,33H,6-7H2,1H3/t18-/m0/s1. The number of nitrogens with zero attached hydrogens (tertiary/aromatic N) is 4. The van der Waals surface area contributed by atoms with Crippen molar-refractivity contribution in [2.75, 3.05) is 11.4 Å². The van der Waals surface area contributed by atoms with Gasteiger partial charge < -0.3 is 9.88 Å². The average Bonchev–Trinajstić information content (AvgIpc) is 3.19. The lowest BCUT2D eigenvalue weighted by Crippen LogP contribution is -2.39. The van der Waals surface area contributed by atoms with E-state index < -0.39 is 47.6 Å². The lowest BCUT2D eigenvalue weighted by molar-refractivity contribution is -0.155. The molecule has 0 bridgehead atoms. The fraction of sp³-hybridized carbons (Fsp3) is 0.261. The van der Waals surface area contributed by atoms with E-state index in [9.17, 15) is 30.7 Å². The number of alkyl halides is 6. The highest BCUT2D eigenvalue weighted by Gasteiger charge is 2.44. The minimum atomic E-state index is -5.32. The number of hydrogen-bond donors (Lipinski definition) is 1. The van der Waals surface area contributed by atoms with Crippen LogP contribution in [0.4, 0.5) is 41.1 Å². The fourth-order valence-corrected chi connectivity index (χ4v) is 4.78. The van der Waals surface area contributed by atoms with Crippen molar-refractivity contribution in [3.8, 4) is 0 Å². The molecule has 0 fully saturated rings. The third kappa shape index (κ3) is 4.40. The summed E-state index contributed by atoms with van der Waals surface area (Å²) in [5.41, 5.74) is 1.18. The predicted molar refractivity (Wildman–Crippen MR) is 120 cm³/mol. The van der Waals surface area contributed by atoms with E-state index >= 15 is 4.39 Å². The molecule has 37 heavy (non-hydrogen) atoms. The first-order chi connectivity index (χ1) is 17.3. The second kappa shape index (κ2) is 8.64. The molecule has 2 aromatic carbocycles. The zero-order chi connectivity index (χ0) is 26.9. The Labute approximate surface area is 211 Å². The smallest absolute Gasteiger partial charge is 0.356 e. The maximum Gasteiger partial charge on any atom is 0.451 e. The second-order valence-corrected chi connectivity index (χ2v) is 9.35. The Bertz CT molecular complexity index is 1500. The summed E-state index contributed by atoms with van der Waals surface area (Å²) in [6.45, 7) is 1.13. The molecule has 1 N–H and O–H groups in total. The molecular formula is C23H14BrF8N5. The molecule has 0 aliphatic carbocycles. The number of aromatic amines is 1. The summed E-state index contributed by atoms with van der Waals surface area (Å²) in [5, 5.41) is 0.713. The number of anilines is 1. The van der Waals surface area contributed by atoms with Crippen LogP contribution in [-0.2, 0) is 18.8 Å². The minimum Gasteiger partial charge on any atom is -0.356 e. The molecule has 3 heterocycles. The fourth-order valence-electron chi connectivity index (χ4n) is 4.42. The summed E-state index contributed by atoms with van der Waals surface area (Å²) in [6.07, 6.45) is -10.5. The number of halogens is 9. The van der Waals surface area contributed by atoms with E-state index in [0.29, 0.717) is 16.5 Å². The van der Waals surface area contributed by atoms with Crippen LogP contribution in [0.25, 0.3) is 10.9 Å². The maximum absolute atomic E-state index is 15.3. The molecule has 194 valence electrons. The van der Waals surface area contributed by atoms with Gasteiger partial charge in [0.2, 0.25) is 17.6 Å². The van der Waals surface area contributed by atoms with Gasteiger partial charge in [-0.05, 0) is 42.7 Å². The molecule has 0 saturated carbocycles. The first-order valence-corrected chi connectivity index (χ1v) is 11.5. The normalized spacial score (nSPS) is 16.4. The molecule has 14 heteroatoms. The topological polar surface area (TPSA) is 57.7 Å². The van der Waals surface area contributed by atoms with Crippen molar-refractivity contribution in [2.45, 2.75) is 31.7 Å². The van der Waals surface area contributed by atoms with Crippen LogP contribution in [0, 0.1) is 18.6 Å². The molecule has 0 unspecified atom stereocenters. The van der Waals surface area contributed by atoms with E-state index in [1.54, 1.807) is 18.2 Å². The molecule has 1 aliphatic heterocycles. The van der Waals surface area contributed by atoms with Crippen molar-refractivity contribution in [2.24, 2.45) is 0 Å². The van der Waals surface area contributed by atoms with Gasteiger partial charge in [0.15, 0.2) is 11.6 Å². The highest BCUT2D eigenvalue weighted by Crippen LogP contribution is 2.43. The summed E-state index contributed by atoms with van der Waals surface area (Å²) in [4.78, 5) is 13.2. The van der Waals surface area contributed by atoms with E-state index in [2.05, 4.69) is 35.9 Å². The Morgan fingerprint density at radius 2 is 1.57 bits per heavy atom. The first-order valence-electron chi connectivity index (χ1n) is 10.7. The second-order valence-electron chi connectivity index (χ2n) is 8.43. The maximum atomic E-state index is 15.3. The lowest BCUT2D eigenvalue weighted by Gasteiger charge is -2.36. The summed E-state index contributed by atoms with van der Waals surface area (Å²) >= 11 is 3.36. The van der Waals surface area contributed by atoms with Crippen molar-refractivity contribution < 1.29 is 35.1 Å². The predicted octanol–water partition coefficient (Wildman–Crippen LogP) is 6.89. The Kier molecular flexibility index (Phi) is 5.92. The number of benzene rings is 2. The van der Waals surface area contributed by atoms with Crippen LogP contribution in [0.3, 0.4) is 0 Å².